The molecule has 8 heteroatoms. The van der Waals surface area contributed by atoms with Crippen molar-refractivity contribution in [3.63, 3.8) is 0 Å². The Labute approximate surface area is 112 Å². The normalized spacial score (nSPS) is 10.0. The second kappa shape index (κ2) is 6.14. The van der Waals surface area contributed by atoms with E-state index < -0.39 is 22.5 Å². The van der Waals surface area contributed by atoms with E-state index in [1.807, 2.05) is 0 Å². The van der Waals surface area contributed by atoms with E-state index in [-0.39, 0.29) is 29.0 Å². The highest BCUT2D eigenvalue weighted by atomic mass is 35.5. The van der Waals surface area contributed by atoms with Crippen LogP contribution in [-0.2, 0) is 16.0 Å². The maximum Gasteiger partial charge on any atom is 0.338 e. The molecule has 0 saturated heterocycles. The second-order valence-corrected chi connectivity index (χ2v) is 4.01. The van der Waals surface area contributed by atoms with Crippen LogP contribution in [0.1, 0.15) is 22.3 Å². The molecule has 0 fully saturated rings. The first-order chi connectivity index (χ1) is 8.86. The molecule has 0 spiro atoms. The Hall–Kier alpha value is -2.15. The van der Waals surface area contributed by atoms with Crippen LogP contribution in [0.3, 0.4) is 0 Å². The lowest BCUT2D eigenvalue weighted by Crippen LogP contribution is -2.06. The van der Waals surface area contributed by atoms with Crippen LogP contribution in [0.2, 0.25) is 5.02 Å². The second-order valence-electron chi connectivity index (χ2n) is 3.60. The van der Waals surface area contributed by atoms with Gasteiger partial charge in [0.2, 0.25) is 0 Å². The number of carbonyl (C=O) groups excluding carboxylic acids is 1. The standard InChI is InChI=1S/C11H10ClNO6/c1-19-11(16)6-4-8(12)7(2-3-10(14)15)9(5-6)13(17)18/h4-5H,2-3H2,1H3,(H,14,15). The van der Waals surface area contributed by atoms with Crippen molar-refractivity contribution in [3.8, 4) is 0 Å². The van der Waals surface area contributed by atoms with Gasteiger partial charge >= 0.3 is 11.9 Å². The molecule has 1 aromatic carbocycles. The Morgan fingerprint density at radius 2 is 2.11 bits per heavy atom. The van der Waals surface area contributed by atoms with Crippen LogP contribution in [-0.4, -0.2) is 29.1 Å². The van der Waals surface area contributed by atoms with Gasteiger partial charge in [-0.25, -0.2) is 4.79 Å². The number of ether oxygens (including phenoxy) is 1. The number of hydrogen-bond acceptors (Lipinski definition) is 5. The van der Waals surface area contributed by atoms with Gasteiger partial charge in [-0.1, -0.05) is 11.6 Å². The van der Waals surface area contributed by atoms with Crippen molar-refractivity contribution < 1.29 is 24.4 Å². The first kappa shape index (κ1) is 14.9. The molecular weight excluding hydrogens is 278 g/mol. The smallest absolute Gasteiger partial charge is 0.338 e. The number of methoxy groups -OCH3 is 1. The maximum atomic E-state index is 11.3. The zero-order valence-corrected chi connectivity index (χ0v) is 10.6. The molecule has 1 N–H and O–H groups in total. The van der Waals surface area contributed by atoms with Crippen molar-refractivity contribution in [2.24, 2.45) is 0 Å². The van der Waals surface area contributed by atoms with E-state index >= 15 is 0 Å². The lowest BCUT2D eigenvalue weighted by molar-refractivity contribution is -0.385. The predicted molar refractivity (Wildman–Crippen MR) is 65.4 cm³/mol. The van der Waals surface area contributed by atoms with E-state index in [2.05, 4.69) is 4.74 Å². The van der Waals surface area contributed by atoms with Gasteiger partial charge in [0.1, 0.15) is 0 Å². The van der Waals surface area contributed by atoms with E-state index in [1.54, 1.807) is 0 Å². The predicted octanol–water partition coefficient (Wildman–Crippen LogP) is 2.05. The van der Waals surface area contributed by atoms with E-state index in [0.717, 1.165) is 13.2 Å². The summed E-state index contributed by atoms with van der Waals surface area (Å²) in [6.07, 6.45) is -0.385. The molecule has 0 amide bonds. The van der Waals surface area contributed by atoms with Crippen LogP contribution in [0.5, 0.6) is 0 Å². The van der Waals surface area contributed by atoms with Crippen LogP contribution in [0.15, 0.2) is 12.1 Å². The van der Waals surface area contributed by atoms with Crippen LogP contribution in [0, 0.1) is 10.1 Å². The van der Waals surface area contributed by atoms with Crippen molar-refractivity contribution in [2.75, 3.05) is 7.11 Å². The lowest BCUT2D eigenvalue weighted by atomic mass is 10.0. The number of aliphatic carboxylic acids is 1. The number of carbonyl (C=O) groups is 2. The number of esters is 1. The summed E-state index contributed by atoms with van der Waals surface area (Å²) in [6.45, 7) is 0. The summed E-state index contributed by atoms with van der Waals surface area (Å²) in [6, 6.07) is 2.24. The summed E-state index contributed by atoms with van der Waals surface area (Å²) in [4.78, 5) is 32.0. The van der Waals surface area contributed by atoms with Crippen LogP contribution in [0.25, 0.3) is 0 Å². The number of carboxylic acid groups (broad SMARTS) is 1. The molecule has 19 heavy (non-hydrogen) atoms. The number of nitrogens with zero attached hydrogens (tertiary/aromatic N) is 1. The highest BCUT2D eigenvalue weighted by Crippen LogP contribution is 2.30. The number of halogens is 1. The summed E-state index contributed by atoms with van der Waals surface area (Å²) in [5.74, 6) is -1.85. The molecule has 0 aliphatic rings. The minimum Gasteiger partial charge on any atom is -0.481 e. The fourth-order valence-electron chi connectivity index (χ4n) is 1.50. The molecule has 0 aliphatic heterocycles. The monoisotopic (exact) mass is 287 g/mol. The van der Waals surface area contributed by atoms with Gasteiger partial charge in [0.05, 0.1) is 22.6 Å². The van der Waals surface area contributed by atoms with Gasteiger partial charge in [-0.2, -0.15) is 0 Å². The molecule has 0 unspecified atom stereocenters. The average molecular weight is 288 g/mol. The number of nitro groups is 1. The van der Waals surface area contributed by atoms with E-state index in [9.17, 15) is 19.7 Å². The van der Waals surface area contributed by atoms with E-state index in [1.165, 1.54) is 6.07 Å². The summed E-state index contributed by atoms with van der Waals surface area (Å²) in [5, 5.41) is 19.5. The molecule has 0 bridgehead atoms. The molecule has 0 heterocycles. The van der Waals surface area contributed by atoms with E-state index in [0.29, 0.717) is 0 Å². The average Bonchev–Trinajstić information content (AvgIpc) is 2.35. The molecule has 7 nitrogen and oxygen atoms in total. The molecule has 0 atom stereocenters. The maximum absolute atomic E-state index is 11.3. The minimum atomic E-state index is -1.09. The van der Waals surface area contributed by atoms with Crippen LogP contribution in [0.4, 0.5) is 5.69 Å². The molecule has 0 aliphatic carbocycles. The highest BCUT2D eigenvalue weighted by Gasteiger charge is 2.22. The minimum absolute atomic E-state index is 0.0316. The largest absolute Gasteiger partial charge is 0.481 e. The molecule has 0 radical (unpaired) electrons. The molecular formula is C11H10ClNO6. The van der Waals surface area contributed by atoms with Crippen molar-refractivity contribution in [2.45, 2.75) is 12.8 Å². The van der Waals surface area contributed by atoms with Gasteiger partial charge in [-0.15, -0.1) is 0 Å². The number of hydrogen-bond donors (Lipinski definition) is 1. The lowest BCUT2D eigenvalue weighted by Gasteiger charge is -2.06. The molecule has 1 rings (SSSR count). The Morgan fingerprint density at radius 3 is 2.58 bits per heavy atom. The molecule has 1 aromatic rings. The Morgan fingerprint density at radius 1 is 1.47 bits per heavy atom. The number of benzene rings is 1. The number of rotatable bonds is 5. The van der Waals surface area contributed by atoms with Gasteiger partial charge in [-0.05, 0) is 12.5 Å². The van der Waals surface area contributed by atoms with Gasteiger partial charge < -0.3 is 9.84 Å². The molecule has 0 saturated carbocycles. The summed E-state index contributed by atoms with van der Waals surface area (Å²) in [5.41, 5.74) is -0.367. The van der Waals surface area contributed by atoms with Gasteiger partial charge in [-0.3, -0.25) is 14.9 Å². The first-order valence-electron chi connectivity index (χ1n) is 5.13. The van der Waals surface area contributed by atoms with Gasteiger partial charge in [0.25, 0.3) is 5.69 Å². The van der Waals surface area contributed by atoms with Crippen molar-refractivity contribution in [3.05, 3.63) is 38.4 Å². The molecule has 102 valence electrons. The van der Waals surface area contributed by atoms with Crippen LogP contribution >= 0.6 is 11.6 Å². The zero-order chi connectivity index (χ0) is 14.6. The summed E-state index contributed by atoms with van der Waals surface area (Å²) < 4.78 is 4.45. The fraction of sp³-hybridized carbons (Fsp3) is 0.273. The van der Waals surface area contributed by atoms with Crippen molar-refractivity contribution in [1.29, 1.82) is 0 Å². The molecule has 0 aromatic heterocycles. The van der Waals surface area contributed by atoms with E-state index in [4.69, 9.17) is 16.7 Å². The van der Waals surface area contributed by atoms with Crippen molar-refractivity contribution >= 4 is 29.2 Å². The van der Waals surface area contributed by atoms with Crippen molar-refractivity contribution in [1.82, 2.24) is 0 Å². The van der Waals surface area contributed by atoms with Crippen LogP contribution < -0.4 is 0 Å². The zero-order valence-electron chi connectivity index (χ0n) is 9.88. The quantitative estimate of drug-likeness (QED) is 0.504. The van der Waals surface area contributed by atoms with Gasteiger partial charge in [0, 0.05) is 18.1 Å². The Bertz CT molecular complexity index is 542. The van der Waals surface area contributed by atoms with Gasteiger partial charge in [0.15, 0.2) is 0 Å². The first-order valence-corrected chi connectivity index (χ1v) is 5.51. The third kappa shape index (κ3) is 3.65. The summed E-state index contributed by atoms with van der Waals surface area (Å²) >= 11 is 5.86. The topological polar surface area (TPSA) is 107 Å². The number of carboxylic acids is 1. The fourth-order valence-corrected chi connectivity index (χ4v) is 1.81. The third-order valence-corrected chi connectivity index (χ3v) is 2.72. The SMILES string of the molecule is COC(=O)c1cc(Cl)c(CCC(=O)O)c([N+](=O)[O-])c1. The third-order valence-electron chi connectivity index (χ3n) is 2.38. The number of nitro benzene ring substituents is 1. The Kier molecular flexibility index (Phi) is 4.82. The Balaban J connectivity index is 3.26. The highest BCUT2D eigenvalue weighted by molar-refractivity contribution is 6.32. The summed E-state index contributed by atoms with van der Waals surface area (Å²) in [7, 11) is 1.14.